The zero-order chi connectivity index (χ0) is 18.1. The van der Waals surface area contributed by atoms with Gasteiger partial charge in [0.15, 0.2) is 20.0 Å². The minimum Gasteiger partial charge on any atom is -0.417 e. The van der Waals surface area contributed by atoms with Crippen LogP contribution in [0, 0.1) is 23.4 Å². The molecule has 0 unspecified atom stereocenters. The zero-order valence-electron chi connectivity index (χ0n) is 15.4. The Morgan fingerprint density at radius 3 is 2.25 bits per heavy atom. The first-order valence-corrected chi connectivity index (χ1v) is 11.7. The molecule has 0 bridgehead atoms. The highest BCUT2D eigenvalue weighted by Crippen LogP contribution is 2.42. The van der Waals surface area contributed by atoms with Gasteiger partial charge in [0.05, 0.1) is 0 Å². The third-order valence-corrected chi connectivity index (χ3v) is 10.3. The normalized spacial score (nSPS) is 22.7. The van der Waals surface area contributed by atoms with Gasteiger partial charge in [0, 0.05) is 12.2 Å². The summed E-state index contributed by atoms with van der Waals surface area (Å²) in [7, 11) is -1.92. The van der Waals surface area contributed by atoms with E-state index in [1.807, 2.05) is 0 Å². The molecule has 2 rings (SSSR count). The highest BCUT2D eigenvalue weighted by molar-refractivity contribution is 6.74. The van der Waals surface area contributed by atoms with E-state index < -0.39 is 25.8 Å². The van der Waals surface area contributed by atoms with Crippen LogP contribution >= 0.6 is 0 Å². The molecule has 0 aromatic heterocycles. The van der Waals surface area contributed by atoms with Crippen LogP contribution in [0.5, 0.6) is 0 Å². The maximum absolute atomic E-state index is 14.2. The van der Waals surface area contributed by atoms with Crippen LogP contribution in [0.4, 0.5) is 13.2 Å². The van der Waals surface area contributed by atoms with Crippen LogP contribution in [0.25, 0.3) is 0 Å². The monoisotopic (exact) mass is 358 g/mol. The van der Waals surface area contributed by atoms with Crippen LogP contribution in [0.15, 0.2) is 12.1 Å². The molecular weight excluding hydrogens is 329 g/mol. The minimum atomic E-state index is -1.92. The lowest BCUT2D eigenvalue weighted by molar-refractivity contribution is 0.169. The summed E-state index contributed by atoms with van der Waals surface area (Å²) in [6, 6.07) is 1.90. The molecule has 1 aliphatic rings. The molecule has 1 aromatic rings. The van der Waals surface area contributed by atoms with E-state index in [0.29, 0.717) is 13.0 Å². The average Bonchev–Trinajstić information content (AvgIpc) is 2.49. The van der Waals surface area contributed by atoms with Crippen molar-refractivity contribution >= 4 is 8.32 Å². The Bertz CT molecular complexity index is 581. The summed E-state index contributed by atoms with van der Waals surface area (Å²) in [4.78, 5) is 0. The van der Waals surface area contributed by atoms with Crippen molar-refractivity contribution in [2.75, 3.05) is 6.61 Å². The van der Waals surface area contributed by atoms with Crippen LogP contribution in [0.1, 0.15) is 57.9 Å². The van der Waals surface area contributed by atoms with E-state index in [1.165, 1.54) is 0 Å². The third-order valence-electron chi connectivity index (χ3n) is 5.82. The van der Waals surface area contributed by atoms with Crippen molar-refractivity contribution in [3.05, 3.63) is 35.1 Å². The number of halogens is 3. The van der Waals surface area contributed by atoms with Gasteiger partial charge in [0.2, 0.25) is 0 Å². The van der Waals surface area contributed by atoms with Gasteiger partial charge in [-0.25, -0.2) is 13.2 Å². The molecule has 0 N–H and O–H groups in total. The summed E-state index contributed by atoms with van der Waals surface area (Å²) in [5.41, 5.74) is -0.0847. The van der Waals surface area contributed by atoms with Crippen molar-refractivity contribution in [1.82, 2.24) is 0 Å². The molecule has 0 aliphatic heterocycles. The quantitative estimate of drug-likeness (QED) is 0.447. The van der Waals surface area contributed by atoms with E-state index >= 15 is 0 Å². The van der Waals surface area contributed by atoms with Crippen LogP contribution in [-0.4, -0.2) is 14.9 Å². The van der Waals surface area contributed by atoms with Crippen LogP contribution < -0.4 is 0 Å². The first kappa shape index (κ1) is 19.5. The van der Waals surface area contributed by atoms with Crippen molar-refractivity contribution in [1.29, 1.82) is 0 Å². The van der Waals surface area contributed by atoms with E-state index in [4.69, 9.17) is 4.43 Å². The molecule has 0 saturated heterocycles. The summed E-state index contributed by atoms with van der Waals surface area (Å²) in [5.74, 6) is -2.91. The zero-order valence-corrected chi connectivity index (χ0v) is 16.4. The molecule has 0 amide bonds. The van der Waals surface area contributed by atoms with Gasteiger partial charge in [0.25, 0.3) is 0 Å². The molecular formula is C19H29F3OSi. The molecule has 5 heteroatoms. The molecule has 1 saturated carbocycles. The smallest absolute Gasteiger partial charge is 0.191 e. The van der Waals surface area contributed by atoms with Gasteiger partial charge in [-0.1, -0.05) is 33.6 Å². The predicted octanol–water partition coefficient (Wildman–Crippen LogP) is 6.40. The molecule has 136 valence electrons. The van der Waals surface area contributed by atoms with E-state index in [0.717, 1.165) is 31.4 Å². The topological polar surface area (TPSA) is 9.23 Å². The highest BCUT2D eigenvalue weighted by Gasteiger charge is 2.39. The van der Waals surface area contributed by atoms with Gasteiger partial charge in [-0.3, -0.25) is 0 Å². The first-order valence-electron chi connectivity index (χ1n) is 8.82. The number of hydrogen-bond donors (Lipinski definition) is 0. The molecule has 24 heavy (non-hydrogen) atoms. The van der Waals surface area contributed by atoms with E-state index in [-0.39, 0.29) is 22.4 Å². The Balaban J connectivity index is 2.22. The van der Waals surface area contributed by atoms with Gasteiger partial charge < -0.3 is 4.43 Å². The molecule has 0 heterocycles. The summed E-state index contributed by atoms with van der Waals surface area (Å²) in [5, 5.41) is 0.0898. The van der Waals surface area contributed by atoms with Gasteiger partial charge in [0.1, 0.15) is 5.82 Å². The third kappa shape index (κ3) is 4.05. The van der Waals surface area contributed by atoms with Gasteiger partial charge in [-0.05, 0) is 54.9 Å². The van der Waals surface area contributed by atoms with Crippen molar-refractivity contribution < 1.29 is 17.6 Å². The minimum absolute atomic E-state index is 0.0404. The lowest BCUT2D eigenvalue weighted by atomic mass is 9.75. The van der Waals surface area contributed by atoms with Gasteiger partial charge in [-0.2, -0.15) is 0 Å². The SMILES string of the molecule is CC(C)(C)[Si](C)(C)OC[C@@H]1CCCC[C@@H]1c1c(F)ccc(F)c1F. The average molecular weight is 359 g/mol. The van der Waals surface area contributed by atoms with Crippen molar-refractivity contribution in [3.8, 4) is 0 Å². The van der Waals surface area contributed by atoms with Crippen LogP contribution in [0.3, 0.4) is 0 Å². The van der Waals surface area contributed by atoms with Gasteiger partial charge in [-0.15, -0.1) is 0 Å². The Kier molecular flexibility index (Phi) is 5.85. The summed E-state index contributed by atoms with van der Waals surface area (Å²) in [6.07, 6.45) is 3.49. The molecule has 1 aliphatic carbocycles. The second kappa shape index (κ2) is 7.20. The largest absolute Gasteiger partial charge is 0.417 e. The van der Waals surface area contributed by atoms with E-state index in [2.05, 4.69) is 33.9 Å². The standard InChI is InChI=1S/C19H29F3OSi/c1-19(2,3)24(4,5)23-12-13-8-6-7-9-14(13)17-15(20)10-11-16(21)18(17)22/h10-11,13-14H,6-9,12H2,1-5H3/t13-,14-/m0/s1. The molecule has 1 fully saturated rings. The maximum atomic E-state index is 14.2. The molecule has 2 atom stereocenters. The summed E-state index contributed by atoms with van der Waals surface area (Å²) in [6.45, 7) is 11.4. The van der Waals surface area contributed by atoms with Crippen molar-refractivity contribution in [2.45, 2.75) is 70.5 Å². The molecule has 1 aromatic carbocycles. The van der Waals surface area contributed by atoms with Crippen molar-refractivity contribution in [2.24, 2.45) is 5.92 Å². The van der Waals surface area contributed by atoms with E-state index in [9.17, 15) is 13.2 Å². The van der Waals surface area contributed by atoms with Crippen LogP contribution in [0.2, 0.25) is 18.1 Å². The first-order chi connectivity index (χ1) is 11.0. The lowest BCUT2D eigenvalue weighted by Gasteiger charge is -2.39. The second-order valence-electron chi connectivity index (χ2n) is 8.48. The predicted molar refractivity (Wildman–Crippen MR) is 94.2 cm³/mol. The fraction of sp³-hybridized carbons (Fsp3) is 0.684. The van der Waals surface area contributed by atoms with Gasteiger partial charge >= 0.3 is 0 Å². The lowest BCUT2D eigenvalue weighted by Crippen LogP contribution is -2.42. The Morgan fingerprint density at radius 1 is 1.04 bits per heavy atom. The Morgan fingerprint density at radius 2 is 1.62 bits per heavy atom. The summed E-state index contributed by atoms with van der Waals surface area (Å²) < 4.78 is 48.4. The molecule has 0 spiro atoms. The number of rotatable bonds is 4. The highest BCUT2D eigenvalue weighted by atomic mass is 28.4. The molecule has 1 nitrogen and oxygen atoms in total. The van der Waals surface area contributed by atoms with E-state index in [1.54, 1.807) is 0 Å². The second-order valence-corrected chi connectivity index (χ2v) is 13.3. The fourth-order valence-corrected chi connectivity index (χ4v) is 4.27. The summed E-state index contributed by atoms with van der Waals surface area (Å²) >= 11 is 0. The Hall–Kier alpha value is -0.813. The van der Waals surface area contributed by atoms with Crippen molar-refractivity contribution in [3.63, 3.8) is 0 Å². The number of hydrogen-bond acceptors (Lipinski definition) is 1. The Labute approximate surface area is 144 Å². The number of benzene rings is 1. The maximum Gasteiger partial charge on any atom is 0.191 e. The molecule has 0 radical (unpaired) electrons. The van der Waals surface area contributed by atoms with Crippen LogP contribution in [-0.2, 0) is 4.43 Å². The fourth-order valence-electron chi connectivity index (χ4n) is 3.20.